The van der Waals surface area contributed by atoms with Crippen LogP contribution in [0, 0.1) is 0 Å². The molecule has 0 aliphatic rings. The highest BCUT2D eigenvalue weighted by molar-refractivity contribution is 5.95. The maximum Gasteiger partial charge on any atom is 0.340 e. The number of benzene rings is 1. The molecular weight excluding hydrogens is 242 g/mol. The second-order valence-electron chi connectivity index (χ2n) is 3.87. The van der Waals surface area contributed by atoms with E-state index in [9.17, 15) is 4.79 Å². The molecule has 0 aliphatic carbocycles. The van der Waals surface area contributed by atoms with Crippen LogP contribution in [0.3, 0.4) is 0 Å². The van der Waals surface area contributed by atoms with E-state index in [0.717, 1.165) is 5.69 Å². The predicted octanol–water partition coefficient (Wildman–Crippen LogP) is 2.58. The van der Waals surface area contributed by atoms with E-state index >= 15 is 0 Å². The molecule has 0 unspecified atom stereocenters. The van der Waals surface area contributed by atoms with Crippen molar-refractivity contribution in [3.8, 4) is 0 Å². The number of nitrogens with one attached hydrogen (secondary N) is 1. The molecule has 1 aromatic carbocycles. The summed E-state index contributed by atoms with van der Waals surface area (Å²) >= 11 is 0. The van der Waals surface area contributed by atoms with Gasteiger partial charge in [-0.3, -0.25) is 0 Å². The van der Waals surface area contributed by atoms with Crippen LogP contribution in [0.2, 0.25) is 0 Å². The Bertz CT molecular complexity index is 570. The van der Waals surface area contributed by atoms with E-state index in [-0.39, 0.29) is 0 Å². The maximum atomic E-state index is 11.7. The number of rotatable bonds is 4. The standard InChI is InChI=1S/C14H15N3O2/c1-2-19-14(18)11-8-13(16-9-12(11)15)17-10-6-4-3-5-7-10/h3-9H,2,15H2,1H3,(H,16,17). The summed E-state index contributed by atoms with van der Waals surface area (Å²) in [5, 5.41) is 3.09. The number of nitrogens with zero attached hydrogens (tertiary/aromatic N) is 1. The summed E-state index contributed by atoms with van der Waals surface area (Å²) in [5.74, 6) is 0.0990. The van der Waals surface area contributed by atoms with Gasteiger partial charge in [0.25, 0.3) is 0 Å². The number of hydrogen-bond acceptors (Lipinski definition) is 5. The summed E-state index contributed by atoms with van der Waals surface area (Å²) in [4.78, 5) is 15.8. The van der Waals surface area contributed by atoms with Gasteiger partial charge in [0.1, 0.15) is 5.82 Å². The second-order valence-corrected chi connectivity index (χ2v) is 3.87. The fourth-order valence-corrected chi connectivity index (χ4v) is 1.59. The molecule has 0 radical (unpaired) electrons. The topological polar surface area (TPSA) is 77.2 Å². The Morgan fingerprint density at radius 1 is 1.37 bits per heavy atom. The van der Waals surface area contributed by atoms with Crippen LogP contribution in [-0.2, 0) is 4.74 Å². The van der Waals surface area contributed by atoms with Crippen molar-refractivity contribution in [2.75, 3.05) is 17.7 Å². The third-order valence-electron chi connectivity index (χ3n) is 2.48. The number of ether oxygens (including phenoxy) is 1. The Morgan fingerprint density at radius 2 is 2.11 bits per heavy atom. The highest BCUT2D eigenvalue weighted by Crippen LogP contribution is 2.19. The average Bonchev–Trinajstić information content (AvgIpc) is 2.42. The summed E-state index contributed by atoms with van der Waals surface area (Å²) in [6.07, 6.45) is 1.44. The number of carbonyl (C=O) groups is 1. The summed E-state index contributed by atoms with van der Waals surface area (Å²) in [5.41, 5.74) is 7.22. The zero-order valence-corrected chi connectivity index (χ0v) is 10.6. The van der Waals surface area contributed by atoms with Crippen LogP contribution in [0.25, 0.3) is 0 Å². The molecule has 3 N–H and O–H groups in total. The molecule has 1 heterocycles. The van der Waals surface area contributed by atoms with Gasteiger partial charge in [0.15, 0.2) is 0 Å². The molecule has 19 heavy (non-hydrogen) atoms. The van der Waals surface area contributed by atoms with Crippen molar-refractivity contribution in [1.82, 2.24) is 4.98 Å². The van der Waals surface area contributed by atoms with Gasteiger partial charge in [0.2, 0.25) is 0 Å². The number of aromatic nitrogens is 1. The van der Waals surface area contributed by atoms with Crippen LogP contribution >= 0.6 is 0 Å². The van der Waals surface area contributed by atoms with Gasteiger partial charge < -0.3 is 15.8 Å². The zero-order valence-electron chi connectivity index (χ0n) is 10.6. The molecule has 5 nitrogen and oxygen atoms in total. The van der Waals surface area contributed by atoms with Gasteiger partial charge in [-0.15, -0.1) is 0 Å². The lowest BCUT2D eigenvalue weighted by Crippen LogP contribution is -2.09. The van der Waals surface area contributed by atoms with Gasteiger partial charge in [-0.25, -0.2) is 9.78 Å². The molecule has 0 atom stereocenters. The van der Waals surface area contributed by atoms with Gasteiger partial charge in [-0.05, 0) is 25.1 Å². The highest BCUT2D eigenvalue weighted by Gasteiger charge is 2.12. The smallest absolute Gasteiger partial charge is 0.340 e. The Labute approximate surface area is 111 Å². The van der Waals surface area contributed by atoms with E-state index in [1.165, 1.54) is 6.20 Å². The van der Waals surface area contributed by atoms with E-state index in [0.29, 0.717) is 23.7 Å². The molecule has 0 saturated carbocycles. The fraction of sp³-hybridized carbons (Fsp3) is 0.143. The minimum atomic E-state index is -0.446. The summed E-state index contributed by atoms with van der Waals surface area (Å²) < 4.78 is 4.94. The minimum Gasteiger partial charge on any atom is -0.462 e. The van der Waals surface area contributed by atoms with Crippen LogP contribution in [0.5, 0.6) is 0 Å². The van der Waals surface area contributed by atoms with E-state index < -0.39 is 5.97 Å². The Kier molecular flexibility index (Phi) is 3.97. The van der Waals surface area contributed by atoms with Crippen LogP contribution in [-0.4, -0.2) is 17.6 Å². The van der Waals surface area contributed by atoms with Crippen molar-refractivity contribution >= 4 is 23.2 Å². The van der Waals surface area contributed by atoms with E-state index in [4.69, 9.17) is 10.5 Å². The van der Waals surface area contributed by atoms with Crippen molar-refractivity contribution in [1.29, 1.82) is 0 Å². The normalized spacial score (nSPS) is 9.95. The first-order valence-corrected chi connectivity index (χ1v) is 5.95. The molecule has 5 heteroatoms. The number of esters is 1. The van der Waals surface area contributed by atoms with Crippen LogP contribution in [0.4, 0.5) is 17.2 Å². The van der Waals surface area contributed by atoms with Gasteiger partial charge in [0, 0.05) is 5.69 Å². The molecule has 0 spiro atoms. The lowest BCUT2D eigenvalue weighted by molar-refractivity contribution is 0.0527. The molecular formula is C14H15N3O2. The van der Waals surface area contributed by atoms with Gasteiger partial charge in [-0.2, -0.15) is 0 Å². The molecule has 0 fully saturated rings. The van der Waals surface area contributed by atoms with Crippen molar-refractivity contribution in [3.63, 3.8) is 0 Å². The molecule has 98 valence electrons. The predicted molar refractivity (Wildman–Crippen MR) is 74.3 cm³/mol. The first-order chi connectivity index (χ1) is 9.20. The third-order valence-corrected chi connectivity index (χ3v) is 2.48. The Balaban J connectivity index is 2.23. The molecule has 0 aliphatic heterocycles. The van der Waals surface area contributed by atoms with Crippen molar-refractivity contribution in [2.45, 2.75) is 6.92 Å². The third kappa shape index (κ3) is 3.22. The number of anilines is 3. The maximum absolute atomic E-state index is 11.7. The van der Waals surface area contributed by atoms with Crippen LogP contribution in [0.15, 0.2) is 42.6 Å². The summed E-state index contributed by atoms with van der Waals surface area (Å²) in [6, 6.07) is 11.1. The van der Waals surface area contributed by atoms with E-state index in [1.54, 1.807) is 13.0 Å². The SMILES string of the molecule is CCOC(=O)c1cc(Nc2ccccc2)ncc1N. The Hall–Kier alpha value is -2.56. The molecule has 2 aromatic rings. The number of carbonyl (C=O) groups excluding carboxylic acids is 1. The van der Waals surface area contributed by atoms with Gasteiger partial charge in [-0.1, -0.05) is 18.2 Å². The lowest BCUT2D eigenvalue weighted by atomic mass is 10.2. The van der Waals surface area contributed by atoms with E-state index in [1.807, 2.05) is 30.3 Å². The highest BCUT2D eigenvalue weighted by atomic mass is 16.5. The summed E-state index contributed by atoms with van der Waals surface area (Å²) in [7, 11) is 0. The average molecular weight is 257 g/mol. The molecule has 0 saturated heterocycles. The van der Waals surface area contributed by atoms with Crippen molar-refractivity contribution in [2.24, 2.45) is 0 Å². The monoisotopic (exact) mass is 257 g/mol. The first-order valence-electron chi connectivity index (χ1n) is 5.95. The molecule has 2 rings (SSSR count). The largest absolute Gasteiger partial charge is 0.462 e. The van der Waals surface area contributed by atoms with Crippen LogP contribution in [0.1, 0.15) is 17.3 Å². The number of nitrogens with two attached hydrogens (primary N) is 1. The van der Waals surface area contributed by atoms with Gasteiger partial charge in [0.05, 0.1) is 24.1 Å². The number of pyridine rings is 1. The number of para-hydroxylation sites is 1. The first kappa shape index (κ1) is 12.9. The second kappa shape index (κ2) is 5.86. The lowest BCUT2D eigenvalue weighted by Gasteiger charge is -2.09. The summed E-state index contributed by atoms with van der Waals surface area (Å²) in [6.45, 7) is 2.06. The molecule has 1 aromatic heterocycles. The van der Waals surface area contributed by atoms with E-state index in [2.05, 4.69) is 10.3 Å². The quantitative estimate of drug-likeness (QED) is 0.823. The van der Waals surface area contributed by atoms with Crippen molar-refractivity contribution < 1.29 is 9.53 Å². The molecule has 0 bridgehead atoms. The van der Waals surface area contributed by atoms with Gasteiger partial charge >= 0.3 is 5.97 Å². The minimum absolute atomic E-state index is 0.303. The van der Waals surface area contributed by atoms with Crippen LogP contribution < -0.4 is 11.1 Å². The number of nitrogen functional groups attached to an aromatic ring is 1. The fourth-order valence-electron chi connectivity index (χ4n) is 1.59. The number of hydrogen-bond donors (Lipinski definition) is 2. The zero-order chi connectivity index (χ0) is 13.7. The van der Waals surface area contributed by atoms with Crippen molar-refractivity contribution in [3.05, 3.63) is 48.2 Å². The Morgan fingerprint density at radius 3 is 2.79 bits per heavy atom. The molecule has 0 amide bonds.